The average Bonchev–Trinajstić information content (AvgIpc) is 2.26. The summed E-state index contributed by atoms with van der Waals surface area (Å²) in [6, 6.07) is 5.62. The molecule has 2 nitrogen and oxygen atoms in total. The maximum absolute atomic E-state index is 13.0. The molecule has 1 N–H and O–H groups in total. The Kier molecular flexibility index (Phi) is 5.20. The minimum atomic E-state index is -3.39. The van der Waals surface area contributed by atoms with Crippen LogP contribution in [0.1, 0.15) is 18.9 Å². The molecule has 0 bridgehead atoms. The lowest BCUT2D eigenvalue weighted by Crippen LogP contribution is -2.41. The highest BCUT2D eigenvalue weighted by atomic mass is 79.9. The van der Waals surface area contributed by atoms with E-state index in [1.165, 1.54) is 24.3 Å². The van der Waals surface area contributed by atoms with Crippen LogP contribution in [0.5, 0.6) is 5.75 Å². The summed E-state index contributed by atoms with van der Waals surface area (Å²) in [6.07, 6.45) is 0.00342. The molecular weight excluding hydrogens is 332 g/mol. The number of rotatable bonds is 6. The highest BCUT2D eigenvalue weighted by Gasteiger charge is 2.46. The van der Waals surface area contributed by atoms with Gasteiger partial charge in [-0.1, -0.05) is 12.1 Å². The topological polar surface area (TPSA) is 29.5 Å². The van der Waals surface area contributed by atoms with Gasteiger partial charge in [-0.05, 0) is 53.4 Å². The molecule has 1 atom stereocenters. The number of halogens is 5. The minimum Gasteiger partial charge on any atom is -0.435 e. The maximum atomic E-state index is 13.0. The second-order valence-corrected chi connectivity index (χ2v) is 5.29. The van der Waals surface area contributed by atoms with Crippen molar-refractivity contribution in [1.29, 1.82) is 0 Å². The molecule has 0 aliphatic rings. The molecule has 0 saturated carbocycles. The van der Waals surface area contributed by atoms with Gasteiger partial charge in [0.25, 0.3) is 0 Å². The Morgan fingerprint density at radius 3 is 2.21 bits per heavy atom. The van der Waals surface area contributed by atoms with Gasteiger partial charge >= 0.3 is 11.4 Å². The van der Waals surface area contributed by atoms with Crippen LogP contribution >= 0.6 is 15.9 Å². The van der Waals surface area contributed by atoms with E-state index in [4.69, 9.17) is 0 Å². The lowest BCUT2D eigenvalue weighted by molar-refractivity contribution is -0.107. The molecule has 1 unspecified atom stereocenters. The lowest BCUT2D eigenvalue weighted by atomic mass is 9.97. The standard InChI is InChI=1S/C12H13BrF4O2/c1-11(18,12(13,16)17)7-6-8-2-4-9(5-3-8)19-10(14)15/h2-5,10,18H,6-7H2,1H3. The van der Waals surface area contributed by atoms with E-state index in [2.05, 4.69) is 20.7 Å². The summed E-state index contributed by atoms with van der Waals surface area (Å²) in [5.41, 5.74) is -1.55. The zero-order valence-electron chi connectivity index (χ0n) is 10.0. The Labute approximate surface area is 116 Å². The van der Waals surface area contributed by atoms with Crippen LogP contribution in [-0.4, -0.2) is 22.2 Å². The fraction of sp³-hybridized carbons (Fsp3) is 0.500. The first kappa shape index (κ1) is 16.2. The lowest BCUT2D eigenvalue weighted by Gasteiger charge is -2.28. The second kappa shape index (κ2) is 6.09. The highest BCUT2D eigenvalue weighted by molar-refractivity contribution is 9.10. The summed E-state index contributed by atoms with van der Waals surface area (Å²) in [6.45, 7) is -1.88. The number of ether oxygens (including phenoxy) is 1. The highest BCUT2D eigenvalue weighted by Crippen LogP contribution is 2.37. The van der Waals surface area contributed by atoms with Gasteiger partial charge < -0.3 is 9.84 Å². The molecular formula is C12H13BrF4O2. The first-order chi connectivity index (χ1) is 8.62. The van der Waals surface area contributed by atoms with E-state index in [1.54, 1.807) is 0 Å². The van der Waals surface area contributed by atoms with Gasteiger partial charge in [0.05, 0.1) is 0 Å². The van der Waals surface area contributed by atoms with Crippen LogP contribution in [-0.2, 0) is 6.42 Å². The second-order valence-electron chi connectivity index (χ2n) is 4.29. The van der Waals surface area contributed by atoms with Gasteiger partial charge in [-0.3, -0.25) is 0 Å². The number of hydrogen-bond acceptors (Lipinski definition) is 2. The van der Waals surface area contributed by atoms with Crippen molar-refractivity contribution in [2.75, 3.05) is 0 Å². The zero-order chi connectivity index (χ0) is 14.7. The van der Waals surface area contributed by atoms with E-state index in [0.717, 1.165) is 6.92 Å². The van der Waals surface area contributed by atoms with Crippen LogP contribution in [0.4, 0.5) is 17.6 Å². The summed E-state index contributed by atoms with van der Waals surface area (Å²) < 4.78 is 53.9. The molecule has 0 saturated heterocycles. The molecule has 1 aromatic carbocycles. The molecule has 1 aromatic rings. The third kappa shape index (κ3) is 4.99. The van der Waals surface area contributed by atoms with Crippen molar-refractivity contribution in [3.05, 3.63) is 29.8 Å². The Bertz CT molecular complexity index is 401. The summed E-state index contributed by atoms with van der Waals surface area (Å²) in [4.78, 5) is -3.39. The fourth-order valence-corrected chi connectivity index (χ4v) is 1.57. The summed E-state index contributed by atoms with van der Waals surface area (Å²) in [5, 5.41) is 9.57. The molecule has 0 fully saturated rings. The average molecular weight is 345 g/mol. The van der Waals surface area contributed by atoms with E-state index >= 15 is 0 Å². The van der Waals surface area contributed by atoms with E-state index in [-0.39, 0.29) is 18.6 Å². The van der Waals surface area contributed by atoms with Gasteiger partial charge in [0.15, 0.2) is 0 Å². The Morgan fingerprint density at radius 2 is 1.79 bits per heavy atom. The molecule has 0 heterocycles. The van der Waals surface area contributed by atoms with Crippen LogP contribution in [0.25, 0.3) is 0 Å². The molecule has 0 aliphatic heterocycles. The maximum Gasteiger partial charge on any atom is 0.387 e. The van der Waals surface area contributed by atoms with Crippen LogP contribution in [0.3, 0.4) is 0 Å². The fourth-order valence-electron chi connectivity index (χ4n) is 1.37. The summed E-state index contributed by atoms with van der Waals surface area (Å²) in [5.74, 6) is -0.00340. The van der Waals surface area contributed by atoms with Crippen molar-refractivity contribution >= 4 is 15.9 Å². The minimum absolute atomic E-state index is 0.00340. The van der Waals surface area contributed by atoms with Gasteiger partial charge in [0.2, 0.25) is 0 Å². The molecule has 108 valence electrons. The predicted octanol–water partition coefficient (Wildman–Crippen LogP) is 3.96. The van der Waals surface area contributed by atoms with Gasteiger partial charge in [0, 0.05) is 0 Å². The number of aliphatic hydroxyl groups is 1. The van der Waals surface area contributed by atoms with Crippen molar-refractivity contribution in [3.63, 3.8) is 0 Å². The smallest absolute Gasteiger partial charge is 0.387 e. The van der Waals surface area contributed by atoms with Crippen molar-refractivity contribution in [1.82, 2.24) is 0 Å². The quantitative estimate of drug-likeness (QED) is 0.625. The summed E-state index contributed by atoms with van der Waals surface area (Å²) in [7, 11) is 0. The molecule has 19 heavy (non-hydrogen) atoms. The van der Waals surface area contributed by atoms with Crippen LogP contribution in [0, 0.1) is 0 Å². The predicted molar refractivity (Wildman–Crippen MR) is 65.9 cm³/mol. The number of hydrogen-bond donors (Lipinski definition) is 1. The Balaban J connectivity index is 2.59. The number of aryl methyl sites for hydroxylation is 1. The summed E-state index contributed by atoms with van der Waals surface area (Å²) >= 11 is 2.13. The monoisotopic (exact) mass is 344 g/mol. The van der Waals surface area contributed by atoms with E-state index in [0.29, 0.717) is 5.56 Å². The van der Waals surface area contributed by atoms with E-state index in [1.807, 2.05) is 0 Å². The van der Waals surface area contributed by atoms with Gasteiger partial charge in [-0.15, -0.1) is 0 Å². The van der Waals surface area contributed by atoms with Crippen LogP contribution < -0.4 is 4.74 Å². The third-order valence-corrected chi connectivity index (χ3v) is 3.51. The van der Waals surface area contributed by atoms with Crippen LogP contribution in [0.2, 0.25) is 0 Å². The molecule has 1 rings (SSSR count). The Morgan fingerprint density at radius 1 is 1.26 bits per heavy atom. The molecule has 0 aliphatic carbocycles. The van der Waals surface area contributed by atoms with Gasteiger partial charge in [-0.25, -0.2) is 0 Å². The van der Waals surface area contributed by atoms with Crippen molar-refractivity contribution < 1.29 is 27.4 Å². The zero-order valence-corrected chi connectivity index (χ0v) is 11.6. The van der Waals surface area contributed by atoms with Crippen LogP contribution in [0.15, 0.2) is 24.3 Å². The molecule has 7 heteroatoms. The third-order valence-electron chi connectivity index (χ3n) is 2.66. The first-order valence-corrected chi connectivity index (χ1v) is 6.24. The Hall–Kier alpha value is -0.820. The molecule has 0 spiro atoms. The normalized spacial score (nSPS) is 15.4. The molecule has 0 amide bonds. The number of alkyl halides is 5. The SMILES string of the molecule is CC(O)(CCc1ccc(OC(F)F)cc1)C(F)(F)Br. The van der Waals surface area contributed by atoms with Crippen molar-refractivity contribution in [2.45, 2.75) is 36.8 Å². The van der Waals surface area contributed by atoms with Crippen molar-refractivity contribution in [2.24, 2.45) is 0 Å². The van der Waals surface area contributed by atoms with Gasteiger partial charge in [-0.2, -0.15) is 17.6 Å². The number of benzene rings is 1. The largest absolute Gasteiger partial charge is 0.435 e. The van der Waals surface area contributed by atoms with Crippen molar-refractivity contribution in [3.8, 4) is 5.75 Å². The molecule has 0 radical (unpaired) electrons. The molecule has 0 aromatic heterocycles. The van der Waals surface area contributed by atoms with E-state index < -0.39 is 17.0 Å². The first-order valence-electron chi connectivity index (χ1n) is 5.45. The van der Waals surface area contributed by atoms with E-state index in [9.17, 15) is 22.7 Å². The van der Waals surface area contributed by atoms with Gasteiger partial charge in [0.1, 0.15) is 11.4 Å².